The van der Waals surface area contributed by atoms with Gasteiger partial charge in [-0.1, -0.05) is 53.7 Å². The van der Waals surface area contributed by atoms with Gasteiger partial charge in [0.05, 0.1) is 37.3 Å². The smallest absolute Gasteiger partial charge is 0.330 e. The Bertz CT molecular complexity index is 969. The van der Waals surface area contributed by atoms with Crippen LogP contribution in [0.2, 0.25) is 0 Å². The zero-order valence-corrected chi connectivity index (χ0v) is 25.6. The fourth-order valence-corrected chi connectivity index (χ4v) is 7.94. The van der Waals surface area contributed by atoms with E-state index in [0.29, 0.717) is 32.1 Å². The van der Waals surface area contributed by atoms with E-state index in [1.807, 2.05) is 27.7 Å². The van der Waals surface area contributed by atoms with Crippen LogP contribution in [-0.4, -0.2) is 50.3 Å². The third-order valence-electron chi connectivity index (χ3n) is 8.46. The molecule has 0 spiro atoms. The molecule has 4 saturated carbocycles. The number of ether oxygens (including phenoxy) is 4. The van der Waals surface area contributed by atoms with Gasteiger partial charge in [0.2, 0.25) is 0 Å². The lowest BCUT2D eigenvalue weighted by Gasteiger charge is -2.67. The van der Waals surface area contributed by atoms with Crippen LogP contribution in [0.5, 0.6) is 0 Å². The van der Waals surface area contributed by atoms with Crippen LogP contribution in [-0.2, 0) is 38.1 Å². The standard InChI is InChI=1S/C32H48O8/c1-9-11-23(33)37-19-27(3,4)21-39-25(35)31-14-29(7)13-30(8,15-31)17-32(16-29,18-31)26(36)40-22-28(5,6)20-38-24(34)12-10-2/h9-12H,13-22H2,1-8H3. The van der Waals surface area contributed by atoms with Gasteiger partial charge in [0.1, 0.15) is 0 Å². The van der Waals surface area contributed by atoms with Crippen LogP contribution in [0, 0.1) is 32.5 Å². The topological polar surface area (TPSA) is 105 Å². The van der Waals surface area contributed by atoms with Crippen molar-refractivity contribution in [1.82, 2.24) is 0 Å². The Morgan fingerprint density at radius 1 is 0.575 bits per heavy atom. The van der Waals surface area contributed by atoms with Gasteiger partial charge in [0, 0.05) is 23.0 Å². The minimum absolute atomic E-state index is 0.113. The summed E-state index contributed by atoms with van der Waals surface area (Å²) in [5.41, 5.74) is -2.96. The van der Waals surface area contributed by atoms with Crippen molar-refractivity contribution >= 4 is 23.9 Å². The summed E-state index contributed by atoms with van der Waals surface area (Å²) < 4.78 is 22.5. The van der Waals surface area contributed by atoms with Gasteiger partial charge in [0.25, 0.3) is 0 Å². The normalized spacial score (nSPS) is 31.4. The first-order valence-electron chi connectivity index (χ1n) is 14.3. The second-order valence-corrected chi connectivity index (χ2v) is 14.9. The molecule has 0 aromatic heterocycles. The molecule has 224 valence electrons. The molecule has 0 heterocycles. The van der Waals surface area contributed by atoms with E-state index >= 15 is 0 Å². The predicted molar refractivity (Wildman–Crippen MR) is 150 cm³/mol. The molecule has 40 heavy (non-hydrogen) atoms. The molecule has 0 N–H and O–H groups in total. The summed E-state index contributed by atoms with van der Waals surface area (Å²) in [6.07, 6.45) is 10.1. The number of carbonyl (C=O) groups is 4. The predicted octanol–water partition coefficient (Wildman–Crippen LogP) is 5.73. The van der Waals surface area contributed by atoms with Crippen LogP contribution >= 0.6 is 0 Å². The molecule has 0 atom stereocenters. The Kier molecular flexibility index (Phi) is 9.03. The molecule has 4 aliphatic carbocycles. The van der Waals surface area contributed by atoms with E-state index in [-0.39, 0.29) is 49.2 Å². The van der Waals surface area contributed by atoms with Gasteiger partial charge in [-0.25, -0.2) is 9.59 Å². The molecule has 4 rings (SSSR count). The van der Waals surface area contributed by atoms with E-state index in [4.69, 9.17) is 18.9 Å². The van der Waals surface area contributed by atoms with E-state index in [2.05, 4.69) is 13.8 Å². The van der Waals surface area contributed by atoms with Gasteiger partial charge in [0.15, 0.2) is 0 Å². The average molecular weight is 561 g/mol. The molecule has 0 radical (unpaired) electrons. The van der Waals surface area contributed by atoms with Crippen molar-refractivity contribution in [1.29, 1.82) is 0 Å². The van der Waals surface area contributed by atoms with E-state index < -0.39 is 33.6 Å². The first-order valence-corrected chi connectivity index (χ1v) is 14.3. The number of rotatable bonds is 12. The van der Waals surface area contributed by atoms with Crippen LogP contribution in [0.3, 0.4) is 0 Å². The third-order valence-corrected chi connectivity index (χ3v) is 8.46. The number of allylic oxidation sites excluding steroid dienone is 2. The van der Waals surface area contributed by atoms with Crippen LogP contribution in [0.1, 0.15) is 93.9 Å². The highest BCUT2D eigenvalue weighted by atomic mass is 16.6. The number of hydrogen-bond acceptors (Lipinski definition) is 8. The van der Waals surface area contributed by atoms with Crippen LogP contribution in [0.4, 0.5) is 0 Å². The van der Waals surface area contributed by atoms with Gasteiger partial charge in [-0.05, 0) is 63.2 Å². The average Bonchev–Trinajstić information content (AvgIpc) is 2.82. The maximum Gasteiger partial charge on any atom is 0.330 e. The fourth-order valence-electron chi connectivity index (χ4n) is 7.94. The van der Waals surface area contributed by atoms with Gasteiger partial charge in [-0.3, -0.25) is 9.59 Å². The second-order valence-electron chi connectivity index (χ2n) is 14.9. The van der Waals surface area contributed by atoms with E-state index in [9.17, 15) is 19.2 Å². The molecular formula is C32H48O8. The summed E-state index contributed by atoms with van der Waals surface area (Å²) in [7, 11) is 0. The van der Waals surface area contributed by atoms with Crippen molar-refractivity contribution in [2.24, 2.45) is 32.5 Å². The van der Waals surface area contributed by atoms with Crippen LogP contribution in [0.25, 0.3) is 0 Å². The lowest BCUT2D eigenvalue weighted by atomic mass is 9.36. The maximum atomic E-state index is 13.8. The number of esters is 4. The number of hydrogen-bond donors (Lipinski definition) is 0. The minimum Gasteiger partial charge on any atom is -0.465 e. The summed E-state index contributed by atoms with van der Waals surface area (Å²) in [5, 5.41) is 0. The van der Waals surface area contributed by atoms with Gasteiger partial charge in [-0.2, -0.15) is 0 Å². The third kappa shape index (κ3) is 7.35. The molecule has 0 saturated heterocycles. The first-order chi connectivity index (χ1) is 18.4. The summed E-state index contributed by atoms with van der Waals surface area (Å²) in [5.74, 6) is -1.40. The maximum absolute atomic E-state index is 13.8. The first kappa shape index (κ1) is 31.9. The highest BCUT2D eigenvalue weighted by Crippen LogP contribution is 2.74. The van der Waals surface area contributed by atoms with Crippen molar-refractivity contribution in [3.05, 3.63) is 24.3 Å². The van der Waals surface area contributed by atoms with E-state index in [0.717, 1.165) is 6.42 Å². The molecule has 0 aliphatic heterocycles. The summed E-state index contributed by atoms with van der Waals surface area (Å²) in [4.78, 5) is 51.1. The van der Waals surface area contributed by atoms with Crippen LogP contribution in [0.15, 0.2) is 24.3 Å². The lowest BCUT2D eigenvalue weighted by molar-refractivity contribution is -0.224. The quantitative estimate of drug-likeness (QED) is 0.169. The Morgan fingerprint density at radius 3 is 1.23 bits per heavy atom. The van der Waals surface area contributed by atoms with Gasteiger partial charge in [-0.15, -0.1) is 0 Å². The zero-order valence-electron chi connectivity index (χ0n) is 25.6. The highest BCUT2D eigenvalue weighted by Gasteiger charge is 2.71. The van der Waals surface area contributed by atoms with Crippen molar-refractivity contribution in [2.75, 3.05) is 26.4 Å². The molecule has 4 aliphatic rings. The molecule has 4 fully saturated rings. The Balaban J connectivity index is 1.71. The zero-order chi connectivity index (χ0) is 30.0. The van der Waals surface area contributed by atoms with E-state index in [1.54, 1.807) is 26.0 Å². The van der Waals surface area contributed by atoms with Crippen molar-refractivity contribution in [2.45, 2.75) is 93.9 Å². The molecule has 0 amide bonds. The summed E-state index contributed by atoms with van der Waals surface area (Å²) >= 11 is 0. The van der Waals surface area contributed by atoms with Gasteiger partial charge >= 0.3 is 23.9 Å². The van der Waals surface area contributed by atoms with Crippen LogP contribution < -0.4 is 0 Å². The Labute approximate surface area is 239 Å². The molecule has 0 aromatic carbocycles. The highest BCUT2D eigenvalue weighted by molar-refractivity contribution is 5.84. The monoisotopic (exact) mass is 560 g/mol. The summed E-state index contributed by atoms with van der Waals surface area (Å²) in [6.45, 7) is 15.9. The Morgan fingerprint density at radius 2 is 0.900 bits per heavy atom. The fraction of sp³-hybridized carbons (Fsp3) is 0.750. The largest absolute Gasteiger partial charge is 0.465 e. The van der Waals surface area contributed by atoms with Crippen molar-refractivity contribution in [3.8, 4) is 0 Å². The molecule has 4 bridgehead atoms. The molecule has 0 aromatic rings. The molecule has 0 unspecified atom stereocenters. The molecular weight excluding hydrogens is 512 g/mol. The van der Waals surface area contributed by atoms with E-state index in [1.165, 1.54) is 12.2 Å². The van der Waals surface area contributed by atoms with Crippen molar-refractivity contribution in [3.63, 3.8) is 0 Å². The molecule has 8 nitrogen and oxygen atoms in total. The SMILES string of the molecule is CC=CC(=O)OCC(C)(C)COC(=O)C12CC3(C)CC(C)(C1)CC(C(=O)OCC(C)(C)COC(=O)C=CC)(C3)C2. The minimum atomic E-state index is -0.757. The Hall–Kier alpha value is -2.64. The van der Waals surface area contributed by atoms with Crippen molar-refractivity contribution < 1.29 is 38.1 Å². The lowest BCUT2D eigenvalue weighted by Crippen LogP contribution is -2.64. The number of carbonyl (C=O) groups excluding carboxylic acids is 4. The molecule has 8 heteroatoms. The second kappa shape index (κ2) is 11.3. The summed E-state index contributed by atoms with van der Waals surface area (Å²) in [6, 6.07) is 0. The van der Waals surface area contributed by atoms with Gasteiger partial charge < -0.3 is 18.9 Å².